The minimum atomic E-state index is -0.0719. The summed E-state index contributed by atoms with van der Waals surface area (Å²) in [4.78, 5) is 28.1. The predicted molar refractivity (Wildman–Crippen MR) is 76.0 cm³/mol. The fourth-order valence-electron chi connectivity index (χ4n) is 1.33. The third-order valence-electron chi connectivity index (χ3n) is 2.26. The molecule has 9 heteroatoms. The van der Waals surface area contributed by atoms with Gasteiger partial charge in [0, 0.05) is 32.2 Å². The van der Waals surface area contributed by atoms with Gasteiger partial charge in [0.05, 0.1) is 6.54 Å². The number of hydrogen-bond donors (Lipinski definition) is 3. The first-order valence-electron chi connectivity index (χ1n) is 5.60. The lowest BCUT2D eigenvalue weighted by atomic mass is 10.5. The van der Waals surface area contributed by atoms with Crippen molar-refractivity contribution in [1.82, 2.24) is 19.9 Å². The molecule has 0 radical (unpaired) electrons. The summed E-state index contributed by atoms with van der Waals surface area (Å²) >= 11 is 1.13. The van der Waals surface area contributed by atoms with Gasteiger partial charge in [-0.3, -0.25) is 4.79 Å². The van der Waals surface area contributed by atoms with E-state index in [-0.39, 0.29) is 4.87 Å². The number of anilines is 3. The monoisotopic (exact) mass is 281 g/mol. The van der Waals surface area contributed by atoms with Crippen LogP contribution in [0.4, 0.5) is 17.8 Å². The van der Waals surface area contributed by atoms with Crippen molar-refractivity contribution in [2.75, 3.05) is 36.7 Å². The molecule has 0 unspecified atom stereocenters. The molecular formula is C10H15N7OS. The topological polar surface area (TPSA) is 98.8 Å². The second-order valence-corrected chi connectivity index (χ2v) is 4.80. The van der Waals surface area contributed by atoms with Crippen LogP contribution >= 0.6 is 11.3 Å². The average molecular weight is 281 g/mol. The second kappa shape index (κ2) is 5.65. The van der Waals surface area contributed by atoms with Gasteiger partial charge in [0.2, 0.25) is 17.8 Å². The highest BCUT2D eigenvalue weighted by Crippen LogP contribution is 2.11. The Morgan fingerprint density at radius 2 is 2.05 bits per heavy atom. The Hall–Kier alpha value is -2.16. The van der Waals surface area contributed by atoms with Gasteiger partial charge >= 0.3 is 4.87 Å². The number of thiazole rings is 1. The van der Waals surface area contributed by atoms with E-state index in [0.29, 0.717) is 24.4 Å². The third-order valence-corrected chi connectivity index (χ3v) is 2.97. The standard InChI is InChI=1S/C10H15N7OS/c1-11-7-14-8(16-9(15-7)17(2)3)12-4-6-5-19-10(18)13-6/h5H,4H2,1-3H3,(H,13,18)(H2,11,12,14,15,16). The lowest BCUT2D eigenvalue weighted by Gasteiger charge is -2.12. The van der Waals surface area contributed by atoms with Crippen LogP contribution in [0.1, 0.15) is 5.69 Å². The van der Waals surface area contributed by atoms with Crippen LogP contribution in [0.25, 0.3) is 0 Å². The highest BCUT2D eigenvalue weighted by molar-refractivity contribution is 7.07. The van der Waals surface area contributed by atoms with Crippen LogP contribution in [0.15, 0.2) is 10.2 Å². The zero-order chi connectivity index (χ0) is 13.8. The summed E-state index contributed by atoms with van der Waals surface area (Å²) in [6.45, 7) is 0.457. The maximum absolute atomic E-state index is 11.0. The lowest BCUT2D eigenvalue weighted by Crippen LogP contribution is -2.16. The molecule has 2 aromatic rings. The fraction of sp³-hybridized carbons (Fsp3) is 0.400. The van der Waals surface area contributed by atoms with Gasteiger partial charge in [-0.15, -0.1) is 0 Å². The molecule has 3 N–H and O–H groups in total. The van der Waals surface area contributed by atoms with Crippen LogP contribution in [0.3, 0.4) is 0 Å². The molecule has 0 saturated carbocycles. The first-order valence-corrected chi connectivity index (χ1v) is 6.48. The van der Waals surface area contributed by atoms with Crippen molar-refractivity contribution in [3.05, 3.63) is 20.7 Å². The number of H-pyrrole nitrogens is 1. The summed E-state index contributed by atoms with van der Waals surface area (Å²) in [7, 11) is 5.46. The molecule has 2 aromatic heterocycles. The third kappa shape index (κ3) is 3.41. The molecule has 0 bridgehead atoms. The molecule has 0 aliphatic rings. The maximum atomic E-state index is 11.0. The van der Waals surface area contributed by atoms with Gasteiger partial charge in [-0.05, 0) is 0 Å². The minimum Gasteiger partial charge on any atom is -0.357 e. The van der Waals surface area contributed by atoms with Gasteiger partial charge in [0.15, 0.2) is 0 Å². The Kier molecular flexibility index (Phi) is 3.95. The molecule has 0 spiro atoms. The fourth-order valence-corrected chi connectivity index (χ4v) is 1.91. The van der Waals surface area contributed by atoms with Crippen molar-refractivity contribution < 1.29 is 0 Å². The van der Waals surface area contributed by atoms with Crippen molar-refractivity contribution in [2.24, 2.45) is 0 Å². The van der Waals surface area contributed by atoms with Crippen LogP contribution in [0.2, 0.25) is 0 Å². The first-order chi connectivity index (χ1) is 9.08. The van der Waals surface area contributed by atoms with Crippen LogP contribution in [0.5, 0.6) is 0 Å². The van der Waals surface area contributed by atoms with Gasteiger partial charge in [-0.25, -0.2) is 0 Å². The molecule has 0 fully saturated rings. The number of aromatic amines is 1. The summed E-state index contributed by atoms with van der Waals surface area (Å²) in [6.07, 6.45) is 0. The van der Waals surface area contributed by atoms with E-state index >= 15 is 0 Å². The zero-order valence-corrected chi connectivity index (χ0v) is 11.7. The van der Waals surface area contributed by atoms with Gasteiger partial charge in [-0.1, -0.05) is 11.3 Å². The van der Waals surface area contributed by atoms with E-state index in [9.17, 15) is 4.79 Å². The van der Waals surface area contributed by atoms with Crippen molar-refractivity contribution in [1.29, 1.82) is 0 Å². The molecule has 0 amide bonds. The molecule has 0 aliphatic heterocycles. The lowest BCUT2D eigenvalue weighted by molar-refractivity contribution is 0.937. The van der Waals surface area contributed by atoms with Crippen molar-refractivity contribution in [2.45, 2.75) is 6.54 Å². The Bertz CT molecular complexity index is 606. The Labute approximate surface area is 113 Å². The highest BCUT2D eigenvalue weighted by Gasteiger charge is 2.07. The quantitative estimate of drug-likeness (QED) is 0.727. The number of aromatic nitrogens is 4. The van der Waals surface area contributed by atoms with Gasteiger partial charge in [0.25, 0.3) is 0 Å². The Morgan fingerprint density at radius 3 is 2.63 bits per heavy atom. The number of rotatable bonds is 5. The van der Waals surface area contributed by atoms with E-state index in [4.69, 9.17) is 0 Å². The summed E-state index contributed by atoms with van der Waals surface area (Å²) in [5, 5.41) is 7.70. The molecule has 8 nitrogen and oxygen atoms in total. The first kappa shape index (κ1) is 13.3. The second-order valence-electron chi connectivity index (χ2n) is 3.95. The van der Waals surface area contributed by atoms with E-state index in [1.807, 2.05) is 14.1 Å². The smallest absolute Gasteiger partial charge is 0.304 e. The van der Waals surface area contributed by atoms with E-state index in [2.05, 4.69) is 30.6 Å². The summed E-state index contributed by atoms with van der Waals surface area (Å²) in [5.41, 5.74) is 0.799. The summed E-state index contributed by atoms with van der Waals surface area (Å²) in [5.74, 6) is 1.50. The van der Waals surface area contributed by atoms with Crippen molar-refractivity contribution >= 4 is 29.2 Å². The molecular weight excluding hydrogens is 266 g/mol. The molecule has 0 aromatic carbocycles. The average Bonchev–Trinajstić information content (AvgIpc) is 2.81. The Morgan fingerprint density at radius 1 is 1.32 bits per heavy atom. The van der Waals surface area contributed by atoms with E-state index < -0.39 is 0 Å². The normalized spacial score (nSPS) is 10.3. The van der Waals surface area contributed by atoms with Gasteiger partial charge in [0.1, 0.15) is 0 Å². The van der Waals surface area contributed by atoms with E-state index in [1.165, 1.54) is 0 Å². The molecule has 0 aliphatic carbocycles. The highest BCUT2D eigenvalue weighted by atomic mass is 32.1. The number of hydrogen-bond acceptors (Lipinski definition) is 8. The van der Waals surface area contributed by atoms with Gasteiger partial charge in [-0.2, -0.15) is 15.0 Å². The van der Waals surface area contributed by atoms with Crippen LogP contribution in [-0.2, 0) is 6.54 Å². The molecule has 2 rings (SSSR count). The largest absolute Gasteiger partial charge is 0.357 e. The van der Waals surface area contributed by atoms with Crippen LogP contribution in [-0.4, -0.2) is 41.1 Å². The summed E-state index contributed by atoms with van der Waals surface area (Å²) in [6, 6.07) is 0. The number of nitrogens with zero attached hydrogens (tertiary/aromatic N) is 4. The SMILES string of the molecule is CNc1nc(NCc2csc(=O)[nH]2)nc(N(C)C)n1. The van der Waals surface area contributed by atoms with Crippen molar-refractivity contribution in [3.63, 3.8) is 0 Å². The predicted octanol–water partition coefficient (Wildman–Crippen LogP) is 0.341. The molecule has 2 heterocycles. The number of nitrogens with one attached hydrogen (secondary N) is 3. The zero-order valence-electron chi connectivity index (χ0n) is 10.9. The Balaban J connectivity index is 2.14. The minimum absolute atomic E-state index is 0.0719. The van der Waals surface area contributed by atoms with Gasteiger partial charge < -0.3 is 20.5 Å². The molecule has 0 saturated heterocycles. The molecule has 102 valence electrons. The maximum Gasteiger partial charge on any atom is 0.304 e. The van der Waals surface area contributed by atoms with Crippen molar-refractivity contribution in [3.8, 4) is 0 Å². The van der Waals surface area contributed by atoms with E-state index in [1.54, 1.807) is 17.3 Å². The molecule has 19 heavy (non-hydrogen) atoms. The summed E-state index contributed by atoms with van der Waals surface area (Å²) < 4.78 is 0. The van der Waals surface area contributed by atoms with E-state index in [0.717, 1.165) is 17.0 Å². The molecule has 0 atom stereocenters. The van der Waals surface area contributed by atoms with Crippen LogP contribution < -0.4 is 20.4 Å². The van der Waals surface area contributed by atoms with Crippen LogP contribution in [0, 0.1) is 0 Å².